The van der Waals surface area contributed by atoms with Crippen LogP contribution in [0.15, 0.2) is 35.7 Å². The van der Waals surface area contributed by atoms with E-state index in [4.69, 9.17) is 4.74 Å². The average molecular weight is 302 g/mol. The number of fused-ring (bicyclic) bond motifs is 1. The van der Waals surface area contributed by atoms with Crippen molar-refractivity contribution in [2.24, 2.45) is 0 Å². The van der Waals surface area contributed by atoms with E-state index in [9.17, 15) is 4.79 Å². The molecule has 2 heterocycles. The molecule has 0 aliphatic carbocycles. The van der Waals surface area contributed by atoms with Gasteiger partial charge in [0.25, 0.3) is 0 Å². The van der Waals surface area contributed by atoms with E-state index in [1.807, 2.05) is 23.6 Å². The third kappa shape index (κ3) is 3.36. The van der Waals surface area contributed by atoms with Crippen LogP contribution in [0.2, 0.25) is 0 Å². The molecule has 0 saturated heterocycles. The van der Waals surface area contributed by atoms with Crippen molar-refractivity contribution in [3.8, 4) is 5.75 Å². The quantitative estimate of drug-likeness (QED) is 0.912. The first-order chi connectivity index (χ1) is 10.2. The molecule has 0 fully saturated rings. The molecule has 0 unspecified atom stereocenters. The molecule has 2 amide bonds. The smallest absolute Gasteiger partial charge is 0.315 e. The minimum absolute atomic E-state index is 0.0247. The molecule has 0 radical (unpaired) electrons. The molecule has 1 aliphatic rings. The van der Waals surface area contributed by atoms with Gasteiger partial charge in [-0.25, -0.2) is 4.79 Å². The van der Waals surface area contributed by atoms with Gasteiger partial charge < -0.3 is 15.4 Å². The van der Waals surface area contributed by atoms with Gasteiger partial charge in [-0.15, -0.1) is 11.3 Å². The molecule has 0 spiro atoms. The van der Waals surface area contributed by atoms with Crippen LogP contribution in [-0.2, 0) is 13.0 Å². The number of aryl methyl sites for hydroxylation is 1. The summed E-state index contributed by atoms with van der Waals surface area (Å²) < 4.78 is 5.79. The van der Waals surface area contributed by atoms with E-state index < -0.39 is 0 Å². The number of carbonyl (C=O) groups is 1. The first kappa shape index (κ1) is 13.9. The second-order valence-corrected chi connectivity index (χ2v) is 6.14. The summed E-state index contributed by atoms with van der Waals surface area (Å²) in [6.07, 6.45) is 0.872. The fourth-order valence-corrected chi connectivity index (χ4v) is 3.23. The maximum Gasteiger partial charge on any atom is 0.315 e. The average Bonchev–Trinajstić information content (AvgIpc) is 3.08. The normalized spacial score (nSPS) is 16.1. The number of ether oxygens (including phenoxy) is 1. The molecule has 0 bridgehead atoms. The van der Waals surface area contributed by atoms with Gasteiger partial charge in [0.1, 0.15) is 11.9 Å². The van der Waals surface area contributed by atoms with Gasteiger partial charge >= 0.3 is 6.03 Å². The largest absolute Gasteiger partial charge is 0.488 e. The molecule has 1 aromatic heterocycles. The maximum atomic E-state index is 11.8. The van der Waals surface area contributed by atoms with E-state index in [1.165, 1.54) is 16.0 Å². The molecule has 2 N–H and O–H groups in total. The summed E-state index contributed by atoms with van der Waals surface area (Å²) >= 11 is 1.66. The third-order valence-electron chi connectivity index (χ3n) is 3.58. The molecule has 1 aliphatic heterocycles. The zero-order chi connectivity index (χ0) is 14.7. The number of para-hydroxylation sites is 1. The minimum atomic E-state index is -0.151. The van der Waals surface area contributed by atoms with Gasteiger partial charge in [0.05, 0.1) is 13.1 Å². The van der Waals surface area contributed by atoms with Gasteiger partial charge in [-0.2, -0.15) is 0 Å². The predicted octanol–water partition coefficient (Wildman–Crippen LogP) is 2.86. The number of hydrogen-bond donors (Lipinski definition) is 2. The molecule has 110 valence electrons. The van der Waals surface area contributed by atoms with Crippen molar-refractivity contribution in [3.05, 3.63) is 51.7 Å². The number of rotatable bonds is 4. The van der Waals surface area contributed by atoms with Gasteiger partial charge in [-0.3, -0.25) is 0 Å². The summed E-state index contributed by atoms with van der Waals surface area (Å²) in [5, 5.41) is 7.78. The van der Waals surface area contributed by atoms with Crippen molar-refractivity contribution in [1.82, 2.24) is 10.6 Å². The standard InChI is InChI=1S/C16H18N2O2S/c1-11-6-7-21-15(11)10-18-16(19)17-9-13-8-12-4-2-3-5-14(12)20-13/h2-7,13H,8-10H2,1H3,(H2,17,18,19)/t13-/m0/s1. The molecular formula is C16H18N2O2S. The fourth-order valence-electron chi connectivity index (χ4n) is 2.38. The molecular weight excluding hydrogens is 284 g/mol. The summed E-state index contributed by atoms with van der Waals surface area (Å²) in [5.41, 5.74) is 2.42. The Morgan fingerprint density at radius 1 is 1.33 bits per heavy atom. The van der Waals surface area contributed by atoms with Crippen LogP contribution in [0.25, 0.3) is 0 Å². The van der Waals surface area contributed by atoms with E-state index in [0.717, 1.165) is 12.2 Å². The molecule has 0 saturated carbocycles. The van der Waals surface area contributed by atoms with E-state index >= 15 is 0 Å². The highest BCUT2D eigenvalue weighted by Crippen LogP contribution is 2.27. The topological polar surface area (TPSA) is 50.4 Å². The van der Waals surface area contributed by atoms with Crippen LogP contribution in [0, 0.1) is 6.92 Å². The Morgan fingerprint density at radius 2 is 2.19 bits per heavy atom. The highest BCUT2D eigenvalue weighted by Gasteiger charge is 2.22. The Balaban J connectivity index is 1.42. The lowest BCUT2D eigenvalue weighted by Gasteiger charge is -2.12. The van der Waals surface area contributed by atoms with Crippen LogP contribution in [-0.4, -0.2) is 18.7 Å². The van der Waals surface area contributed by atoms with Crippen LogP contribution in [0.4, 0.5) is 4.79 Å². The lowest BCUT2D eigenvalue weighted by Crippen LogP contribution is -2.40. The summed E-state index contributed by atoms with van der Waals surface area (Å²) in [6, 6.07) is 9.91. The minimum Gasteiger partial charge on any atom is -0.488 e. The number of urea groups is 1. The van der Waals surface area contributed by atoms with Crippen LogP contribution in [0.5, 0.6) is 5.75 Å². The highest BCUT2D eigenvalue weighted by atomic mass is 32.1. The Morgan fingerprint density at radius 3 is 2.95 bits per heavy atom. The van der Waals surface area contributed by atoms with Crippen LogP contribution in [0.1, 0.15) is 16.0 Å². The molecule has 1 atom stereocenters. The Bertz CT molecular complexity index is 614. The maximum absolute atomic E-state index is 11.8. The lowest BCUT2D eigenvalue weighted by molar-refractivity contribution is 0.214. The Labute approximate surface area is 128 Å². The number of thiophene rings is 1. The number of amides is 2. The van der Waals surface area contributed by atoms with Crippen molar-refractivity contribution in [1.29, 1.82) is 0 Å². The van der Waals surface area contributed by atoms with Crippen LogP contribution >= 0.6 is 11.3 Å². The third-order valence-corrected chi connectivity index (χ3v) is 4.60. The van der Waals surface area contributed by atoms with Crippen molar-refractivity contribution in [2.45, 2.75) is 26.0 Å². The number of hydrogen-bond acceptors (Lipinski definition) is 3. The molecule has 4 nitrogen and oxygen atoms in total. The predicted molar refractivity (Wildman–Crippen MR) is 83.9 cm³/mol. The Kier molecular flexibility index (Phi) is 4.10. The molecule has 3 rings (SSSR count). The van der Waals surface area contributed by atoms with E-state index in [0.29, 0.717) is 13.1 Å². The summed E-state index contributed by atoms with van der Waals surface area (Å²) in [4.78, 5) is 13.0. The summed E-state index contributed by atoms with van der Waals surface area (Å²) in [5.74, 6) is 0.930. The summed E-state index contributed by atoms with van der Waals surface area (Å²) in [6.45, 7) is 3.14. The second-order valence-electron chi connectivity index (χ2n) is 5.14. The molecule has 2 aromatic rings. The highest BCUT2D eigenvalue weighted by molar-refractivity contribution is 7.10. The van der Waals surface area contributed by atoms with Crippen molar-refractivity contribution >= 4 is 17.4 Å². The van der Waals surface area contributed by atoms with E-state index in [1.54, 1.807) is 11.3 Å². The number of nitrogens with one attached hydrogen (secondary N) is 2. The van der Waals surface area contributed by atoms with Crippen molar-refractivity contribution < 1.29 is 9.53 Å². The lowest BCUT2D eigenvalue weighted by atomic mass is 10.1. The van der Waals surface area contributed by atoms with Crippen LogP contribution in [0.3, 0.4) is 0 Å². The van der Waals surface area contributed by atoms with E-state index in [2.05, 4.69) is 29.7 Å². The summed E-state index contributed by atoms with van der Waals surface area (Å²) in [7, 11) is 0. The van der Waals surface area contributed by atoms with Gasteiger partial charge in [0, 0.05) is 11.3 Å². The SMILES string of the molecule is Cc1ccsc1CNC(=O)NC[C@@H]1Cc2ccccc2O1. The van der Waals surface area contributed by atoms with Crippen molar-refractivity contribution in [3.63, 3.8) is 0 Å². The van der Waals surface area contributed by atoms with E-state index in [-0.39, 0.29) is 12.1 Å². The van der Waals surface area contributed by atoms with Gasteiger partial charge in [-0.05, 0) is 35.6 Å². The molecule has 5 heteroatoms. The number of benzene rings is 1. The fraction of sp³-hybridized carbons (Fsp3) is 0.312. The molecule has 1 aromatic carbocycles. The zero-order valence-corrected chi connectivity index (χ0v) is 12.7. The zero-order valence-electron chi connectivity index (χ0n) is 11.9. The molecule has 21 heavy (non-hydrogen) atoms. The van der Waals surface area contributed by atoms with Gasteiger partial charge in [-0.1, -0.05) is 18.2 Å². The van der Waals surface area contributed by atoms with Crippen LogP contribution < -0.4 is 15.4 Å². The Hall–Kier alpha value is -2.01. The van der Waals surface area contributed by atoms with Gasteiger partial charge in [0.15, 0.2) is 0 Å². The second kappa shape index (κ2) is 6.18. The monoisotopic (exact) mass is 302 g/mol. The van der Waals surface area contributed by atoms with Gasteiger partial charge in [0.2, 0.25) is 0 Å². The first-order valence-corrected chi connectivity index (χ1v) is 7.89. The first-order valence-electron chi connectivity index (χ1n) is 7.01. The number of carbonyl (C=O) groups excluding carboxylic acids is 1. The van der Waals surface area contributed by atoms with Crippen molar-refractivity contribution in [2.75, 3.05) is 6.54 Å².